The molecule has 2 nitrogen and oxygen atoms in total. The Kier molecular flexibility index (Phi) is 4.56. The SMILES string of the molecule is CCCCC[C@H](N)c1cc(F)ccc1O. The van der Waals surface area contributed by atoms with Crippen molar-refractivity contribution in [2.45, 2.75) is 38.6 Å². The molecule has 0 unspecified atom stereocenters. The van der Waals surface area contributed by atoms with E-state index in [9.17, 15) is 9.50 Å². The molecule has 0 aliphatic rings. The van der Waals surface area contributed by atoms with Crippen LogP contribution in [0.1, 0.15) is 44.2 Å². The Hall–Kier alpha value is -1.09. The molecule has 1 rings (SSSR count). The molecule has 0 aliphatic heterocycles. The first-order valence-electron chi connectivity index (χ1n) is 5.39. The van der Waals surface area contributed by atoms with Gasteiger partial charge in [0, 0.05) is 11.6 Å². The van der Waals surface area contributed by atoms with Crippen molar-refractivity contribution in [3.63, 3.8) is 0 Å². The van der Waals surface area contributed by atoms with Crippen LogP contribution in [0.25, 0.3) is 0 Å². The highest BCUT2D eigenvalue weighted by atomic mass is 19.1. The second-order valence-corrected chi connectivity index (χ2v) is 3.81. The van der Waals surface area contributed by atoms with Crippen molar-refractivity contribution in [2.24, 2.45) is 5.73 Å². The van der Waals surface area contributed by atoms with Gasteiger partial charge in [-0.1, -0.05) is 26.2 Å². The zero-order chi connectivity index (χ0) is 11.3. The monoisotopic (exact) mass is 211 g/mol. The lowest BCUT2D eigenvalue weighted by atomic mass is 10.0. The summed E-state index contributed by atoms with van der Waals surface area (Å²) in [6, 6.07) is 3.63. The maximum Gasteiger partial charge on any atom is 0.123 e. The Balaban J connectivity index is 2.64. The molecule has 0 amide bonds. The summed E-state index contributed by atoms with van der Waals surface area (Å²) in [6.45, 7) is 2.12. The van der Waals surface area contributed by atoms with E-state index in [4.69, 9.17) is 5.73 Å². The average Bonchev–Trinajstić information content (AvgIpc) is 2.22. The number of hydrogen-bond acceptors (Lipinski definition) is 2. The highest BCUT2D eigenvalue weighted by Crippen LogP contribution is 2.26. The number of aromatic hydroxyl groups is 1. The molecule has 1 aromatic carbocycles. The van der Waals surface area contributed by atoms with Crippen LogP contribution in [0.15, 0.2) is 18.2 Å². The number of phenols is 1. The first kappa shape index (κ1) is 12.0. The number of unbranched alkanes of at least 4 members (excludes halogenated alkanes) is 2. The normalized spacial score (nSPS) is 12.7. The van der Waals surface area contributed by atoms with E-state index in [1.807, 2.05) is 0 Å². The van der Waals surface area contributed by atoms with Gasteiger partial charge in [-0.05, 0) is 24.6 Å². The Bertz CT molecular complexity index is 314. The molecule has 0 radical (unpaired) electrons. The minimum absolute atomic E-state index is 0.0837. The molecule has 0 saturated carbocycles. The summed E-state index contributed by atoms with van der Waals surface area (Å²) >= 11 is 0. The molecule has 84 valence electrons. The Morgan fingerprint density at radius 1 is 1.40 bits per heavy atom. The zero-order valence-electron chi connectivity index (χ0n) is 9.04. The molecule has 15 heavy (non-hydrogen) atoms. The van der Waals surface area contributed by atoms with E-state index in [-0.39, 0.29) is 17.6 Å². The third-order valence-corrected chi connectivity index (χ3v) is 2.51. The molecular formula is C12H18FNO. The van der Waals surface area contributed by atoms with Crippen LogP contribution < -0.4 is 5.73 Å². The zero-order valence-corrected chi connectivity index (χ0v) is 9.04. The van der Waals surface area contributed by atoms with Crippen LogP contribution in [-0.2, 0) is 0 Å². The number of benzene rings is 1. The third kappa shape index (κ3) is 3.51. The first-order valence-corrected chi connectivity index (χ1v) is 5.39. The Morgan fingerprint density at radius 3 is 2.80 bits per heavy atom. The highest BCUT2D eigenvalue weighted by Gasteiger charge is 2.11. The lowest BCUT2D eigenvalue weighted by Crippen LogP contribution is -2.10. The lowest BCUT2D eigenvalue weighted by Gasteiger charge is -2.13. The van der Waals surface area contributed by atoms with E-state index in [0.29, 0.717) is 5.56 Å². The van der Waals surface area contributed by atoms with Crippen molar-refractivity contribution in [1.82, 2.24) is 0 Å². The maximum absolute atomic E-state index is 12.9. The standard InChI is InChI=1S/C12H18FNO/c1-2-3-4-5-11(14)10-8-9(13)6-7-12(10)15/h6-8,11,15H,2-5,14H2,1H3/t11-/m0/s1. The van der Waals surface area contributed by atoms with E-state index in [2.05, 4.69) is 6.92 Å². The predicted molar refractivity (Wildman–Crippen MR) is 59.1 cm³/mol. The third-order valence-electron chi connectivity index (χ3n) is 2.51. The molecule has 1 aromatic rings. The number of hydrogen-bond donors (Lipinski definition) is 2. The van der Waals surface area contributed by atoms with E-state index in [0.717, 1.165) is 25.7 Å². The van der Waals surface area contributed by atoms with Gasteiger partial charge < -0.3 is 10.8 Å². The second kappa shape index (κ2) is 5.71. The van der Waals surface area contributed by atoms with E-state index in [1.54, 1.807) is 0 Å². The first-order chi connectivity index (χ1) is 7.15. The van der Waals surface area contributed by atoms with Crippen LogP contribution in [0.3, 0.4) is 0 Å². The smallest absolute Gasteiger partial charge is 0.123 e. The van der Waals surface area contributed by atoms with Crippen molar-refractivity contribution in [1.29, 1.82) is 0 Å². The van der Waals surface area contributed by atoms with Crippen molar-refractivity contribution < 1.29 is 9.50 Å². The summed E-state index contributed by atoms with van der Waals surface area (Å²) in [4.78, 5) is 0. The number of halogens is 1. The van der Waals surface area contributed by atoms with E-state index >= 15 is 0 Å². The molecular weight excluding hydrogens is 193 g/mol. The van der Waals surface area contributed by atoms with Gasteiger partial charge in [0.2, 0.25) is 0 Å². The number of phenolic OH excluding ortho intramolecular Hbond substituents is 1. The minimum atomic E-state index is -0.353. The van der Waals surface area contributed by atoms with E-state index < -0.39 is 0 Å². The molecule has 0 aliphatic carbocycles. The predicted octanol–water partition coefficient (Wildman–Crippen LogP) is 3.11. The highest BCUT2D eigenvalue weighted by molar-refractivity contribution is 5.34. The fourth-order valence-electron chi connectivity index (χ4n) is 1.59. The summed E-state index contributed by atoms with van der Waals surface area (Å²) in [5, 5.41) is 9.52. The largest absolute Gasteiger partial charge is 0.508 e. The summed E-state index contributed by atoms with van der Waals surface area (Å²) in [6.07, 6.45) is 4.03. The van der Waals surface area contributed by atoms with Crippen LogP contribution in [0.5, 0.6) is 5.75 Å². The topological polar surface area (TPSA) is 46.2 Å². The van der Waals surface area contributed by atoms with Gasteiger partial charge in [-0.25, -0.2) is 4.39 Å². The van der Waals surface area contributed by atoms with E-state index in [1.165, 1.54) is 18.2 Å². The van der Waals surface area contributed by atoms with Gasteiger partial charge in [0.05, 0.1) is 0 Å². The average molecular weight is 211 g/mol. The summed E-state index contributed by atoms with van der Waals surface area (Å²) < 4.78 is 12.9. The summed E-state index contributed by atoms with van der Waals surface area (Å²) in [5.74, 6) is -0.269. The Morgan fingerprint density at radius 2 is 2.13 bits per heavy atom. The van der Waals surface area contributed by atoms with Gasteiger partial charge in [0.15, 0.2) is 0 Å². The quantitative estimate of drug-likeness (QED) is 0.735. The molecule has 0 aromatic heterocycles. The van der Waals surface area contributed by atoms with Crippen LogP contribution in [0, 0.1) is 5.82 Å². The van der Waals surface area contributed by atoms with Gasteiger partial charge in [-0.2, -0.15) is 0 Å². The number of rotatable bonds is 5. The maximum atomic E-state index is 12.9. The molecule has 0 fully saturated rings. The molecule has 0 spiro atoms. The van der Waals surface area contributed by atoms with Crippen LogP contribution >= 0.6 is 0 Å². The molecule has 1 atom stereocenters. The van der Waals surface area contributed by atoms with Gasteiger partial charge >= 0.3 is 0 Å². The Labute approximate surface area is 89.9 Å². The van der Waals surface area contributed by atoms with Crippen molar-refractivity contribution >= 4 is 0 Å². The minimum Gasteiger partial charge on any atom is -0.508 e. The molecule has 0 saturated heterocycles. The summed E-state index contributed by atoms with van der Waals surface area (Å²) in [5.41, 5.74) is 6.38. The van der Waals surface area contributed by atoms with Crippen LogP contribution in [0.4, 0.5) is 4.39 Å². The van der Waals surface area contributed by atoms with Gasteiger partial charge in [0.1, 0.15) is 11.6 Å². The second-order valence-electron chi connectivity index (χ2n) is 3.81. The van der Waals surface area contributed by atoms with Crippen molar-refractivity contribution in [2.75, 3.05) is 0 Å². The molecule has 3 N–H and O–H groups in total. The van der Waals surface area contributed by atoms with Gasteiger partial charge in [-0.15, -0.1) is 0 Å². The van der Waals surface area contributed by atoms with Crippen molar-refractivity contribution in [3.8, 4) is 5.75 Å². The molecule has 0 bridgehead atoms. The van der Waals surface area contributed by atoms with Crippen LogP contribution in [0.2, 0.25) is 0 Å². The summed E-state index contributed by atoms with van der Waals surface area (Å²) in [7, 11) is 0. The lowest BCUT2D eigenvalue weighted by molar-refractivity contribution is 0.452. The van der Waals surface area contributed by atoms with Gasteiger partial charge in [0.25, 0.3) is 0 Å². The fourth-order valence-corrected chi connectivity index (χ4v) is 1.59. The molecule has 3 heteroatoms. The number of nitrogens with two attached hydrogens (primary N) is 1. The van der Waals surface area contributed by atoms with Crippen molar-refractivity contribution in [3.05, 3.63) is 29.6 Å². The molecule has 0 heterocycles. The van der Waals surface area contributed by atoms with Gasteiger partial charge in [-0.3, -0.25) is 0 Å². The van der Waals surface area contributed by atoms with Crippen LogP contribution in [-0.4, -0.2) is 5.11 Å². The fraction of sp³-hybridized carbons (Fsp3) is 0.500.